The van der Waals surface area contributed by atoms with Crippen molar-refractivity contribution in [2.45, 2.75) is 62.6 Å². The summed E-state index contributed by atoms with van der Waals surface area (Å²) in [4.78, 5) is 2.58. The molecule has 0 aromatic heterocycles. The number of amidine groups is 1. The molecule has 6 heteroatoms. The molecule has 0 amide bonds. The highest BCUT2D eigenvalue weighted by molar-refractivity contribution is 5.79. The van der Waals surface area contributed by atoms with E-state index < -0.39 is 0 Å². The molecule has 120 valence electrons. The van der Waals surface area contributed by atoms with Gasteiger partial charge in [0.25, 0.3) is 0 Å². The van der Waals surface area contributed by atoms with Crippen LogP contribution in [-0.2, 0) is 9.47 Å². The largest absolute Gasteiger partial charge is 0.409 e. The van der Waals surface area contributed by atoms with Crippen LogP contribution in [0.2, 0.25) is 0 Å². The fraction of sp³-hybridized carbons (Fsp3) is 0.933. The minimum atomic E-state index is 0.0327. The first kappa shape index (κ1) is 15.1. The molecule has 1 saturated carbocycles. The SMILES string of the molecule is NC(CCN(C1CC1)C1CCOC2(CCOCC2)C1)=NO. The van der Waals surface area contributed by atoms with Crippen molar-refractivity contribution in [3.8, 4) is 0 Å². The summed E-state index contributed by atoms with van der Waals surface area (Å²) >= 11 is 0. The van der Waals surface area contributed by atoms with Crippen LogP contribution in [-0.4, -0.2) is 60.0 Å². The Bertz CT molecular complexity index is 373. The van der Waals surface area contributed by atoms with Crippen molar-refractivity contribution in [2.24, 2.45) is 10.9 Å². The average Bonchev–Trinajstić information content (AvgIpc) is 3.33. The zero-order valence-corrected chi connectivity index (χ0v) is 12.7. The van der Waals surface area contributed by atoms with E-state index in [0.29, 0.717) is 24.3 Å². The summed E-state index contributed by atoms with van der Waals surface area (Å²) in [6.07, 6.45) is 7.43. The van der Waals surface area contributed by atoms with E-state index in [1.807, 2.05) is 0 Å². The molecule has 2 saturated heterocycles. The maximum Gasteiger partial charge on any atom is 0.140 e. The van der Waals surface area contributed by atoms with Gasteiger partial charge in [0.05, 0.1) is 5.60 Å². The van der Waals surface area contributed by atoms with Crippen LogP contribution in [0.1, 0.15) is 44.9 Å². The predicted octanol–water partition coefficient (Wildman–Crippen LogP) is 1.32. The molecule has 3 aliphatic rings. The number of nitrogens with zero attached hydrogens (tertiary/aromatic N) is 2. The highest BCUT2D eigenvalue weighted by Gasteiger charge is 2.43. The molecule has 3 rings (SSSR count). The molecule has 1 atom stereocenters. The minimum absolute atomic E-state index is 0.0327. The lowest BCUT2D eigenvalue weighted by molar-refractivity contribution is -0.151. The van der Waals surface area contributed by atoms with E-state index in [1.54, 1.807) is 0 Å². The number of hydrogen-bond acceptors (Lipinski definition) is 5. The van der Waals surface area contributed by atoms with Crippen molar-refractivity contribution in [2.75, 3.05) is 26.4 Å². The Morgan fingerprint density at radius 3 is 2.62 bits per heavy atom. The van der Waals surface area contributed by atoms with Gasteiger partial charge in [-0.25, -0.2) is 0 Å². The summed E-state index contributed by atoms with van der Waals surface area (Å²) in [6, 6.07) is 1.26. The van der Waals surface area contributed by atoms with Crippen LogP contribution in [0.25, 0.3) is 0 Å². The summed E-state index contributed by atoms with van der Waals surface area (Å²) in [5.41, 5.74) is 5.67. The molecule has 1 spiro atoms. The highest BCUT2D eigenvalue weighted by Crippen LogP contribution is 2.39. The molecule has 0 radical (unpaired) electrons. The number of rotatable bonds is 5. The molecule has 3 N–H and O–H groups in total. The van der Waals surface area contributed by atoms with Gasteiger partial charge in [-0.05, 0) is 38.5 Å². The third kappa shape index (κ3) is 3.67. The Labute approximate surface area is 126 Å². The summed E-state index contributed by atoms with van der Waals surface area (Å²) < 4.78 is 11.6. The van der Waals surface area contributed by atoms with E-state index in [4.69, 9.17) is 20.4 Å². The van der Waals surface area contributed by atoms with E-state index in [0.717, 1.165) is 52.0 Å². The lowest BCUT2D eigenvalue weighted by Crippen LogP contribution is -2.52. The van der Waals surface area contributed by atoms with E-state index in [1.165, 1.54) is 12.8 Å². The summed E-state index contributed by atoms with van der Waals surface area (Å²) in [5, 5.41) is 11.8. The normalized spacial score (nSPS) is 30.0. The van der Waals surface area contributed by atoms with Gasteiger partial charge in [-0.1, -0.05) is 5.16 Å². The van der Waals surface area contributed by atoms with Gasteiger partial charge < -0.3 is 20.4 Å². The first-order valence-electron chi connectivity index (χ1n) is 8.16. The third-order valence-electron chi connectivity index (χ3n) is 5.11. The maximum absolute atomic E-state index is 8.72. The summed E-state index contributed by atoms with van der Waals surface area (Å²) in [7, 11) is 0. The Morgan fingerprint density at radius 1 is 1.19 bits per heavy atom. The second-order valence-electron chi connectivity index (χ2n) is 6.60. The van der Waals surface area contributed by atoms with Gasteiger partial charge >= 0.3 is 0 Å². The molecule has 21 heavy (non-hydrogen) atoms. The summed E-state index contributed by atoms with van der Waals surface area (Å²) in [5.74, 6) is 0.327. The van der Waals surface area contributed by atoms with Gasteiger partial charge in [0, 0.05) is 44.9 Å². The van der Waals surface area contributed by atoms with Crippen LogP contribution in [0.4, 0.5) is 0 Å². The number of hydrogen-bond donors (Lipinski definition) is 2. The van der Waals surface area contributed by atoms with Crippen LogP contribution in [0.3, 0.4) is 0 Å². The average molecular weight is 297 g/mol. The van der Waals surface area contributed by atoms with Crippen LogP contribution in [0, 0.1) is 0 Å². The molecular weight excluding hydrogens is 270 g/mol. The number of ether oxygens (including phenoxy) is 2. The molecule has 2 heterocycles. The minimum Gasteiger partial charge on any atom is -0.409 e. The fourth-order valence-corrected chi connectivity index (χ4v) is 3.74. The maximum atomic E-state index is 8.72. The Hall–Kier alpha value is -0.850. The molecule has 6 nitrogen and oxygen atoms in total. The molecule has 0 aromatic rings. The highest BCUT2D eigenvalue weighted by atomic mass is 16.5. The second kappa shape index (κ2) is 6.50. The molecule has 1 unspecified atom stereocenters. The molecule has 1 aliphatic carbocycles. The predicted molar refractivity (Wildman–Crippen MR) is 79.5 cm³/mol. The standard InChI is InChI=1S/C15H27N3O3/c16-14(17-19)3-7-18(12-1-2-12)13-4-8-21-15(11-13)5-9-20-10-6-15/h12-13,19H,1-11H2,(H2,16,17). The monoisotopic (exact) mass is 297 g/mol. The molecular formula is C15H27N3O3. The quantitative estimate of drug-likeness (QED) is 0.346. The van der Waals surface area contributed by atoms with Crippen molar-refractivity contribution in [3.63, 3.8) is 0 Å². The summed E-state index contributed by atoms with van der Waals surface area (Å²) in [6.45, 7) is 3.37. The van der Waals surface area contributed by atoms with Crippen LogP contribution >= 0.6 is 0 Å². The third-order valence-corrected chi connectivity index (χ3v) is 5.11. The van der Waals surface area contributed by atoms with Gasteiger partial charge in [0.1, 0.15) is 5.84 Å². The van der Waals surface area contributed by atoms with E-state index in [2.05, 4.69) is 10.1 Å². The second-order valence-corrected chi connectivity index (χ2v) is 6.60. The van der Waals surface area contributed by atoms with Gasteiger partial charge in [-0.15, -0.1) is 0 Å². The Morgan fingerprint density at radius 2 is 1.95 bits per heavy atom. The van der Waals surface area contributed by atoms with Crippen molar-refractivity contribution in [1.29, 1.82) is 0 Å². The first-order valence-corrected chi connectivity index (χ1v) is 8.16. The van der Waals surface area contributed by atoms with Gasteiger partial charge in [0.2, 0.25) is 0 Å². The van der Waals surface area contributed by atoms with Crippen molar-refractivity contribution < 1.29 is 14.7 Å². The van der Waals surface area contributed by atoms with Gasteiger partial charge in [0.15, 0.2) is 0 Å². The molecule has 3 fully saturated rings. The first-order chi connectivity index (χ1) is 10.2. The lowest BCUT2D eigenvalue weighted by Gasteiger charge is -2.46. The van der Waals surface area contributed by atoms with Crippen LogP contribution < -0.4 is 5.73 Å². The van der Waals surface area contributed by atoms with E-state index >= 15 is 0 Å². The smallest absolute Gasteiger partial charge is 0.140 e. The van der Waals surface area contributed by atoms with Crippen LogP contribution in [0.15, 0.2) is 5.16 Å². The fourth-order valence-electron chi connectivity index (χ4n) is 3.74. The zero-order chi connectivity index (χ0) is 14.7. The number of nitrogens with two attached hydrogens (primary N) is 1. The molecule has 0 bridgehead atoms. The van der Waals surface area contributed by atoms with E-state index in [-0.39, 0.29) is 5.60 Å². The number of oxime groups is 1. The molecule has 2 aliphatic heterocycles. The van der Waals surface area contributed by atoms with Crippen molar-refractivity contribution in [1.82, 2.24) is 4.90 Å². The van der Waals surface area contributed by atoms with Crippen molar-refractivity contribution in [3.05, 3.63) is 0 Å². The Kier molecular flexibility index (Phi) is 4.66. The zero-order valence-electron chi connectivity index (χ0n) is 12.7. The van der Waals surface area contributed by atoms with Gasteiger partial charge in [-0.3, -0.25) is 4.90 Å². The van der Waals surface area contributed by atoms with Crippen LogP contribution in [0.5, 0.6) is 0 Å². The topological polar surface area (TPSA) is 80.3 Å². The van der Waals surface area contributed by atoms with Crippen molar-refractivity contribution >= 4 is 5.84 Å². The van der Waals surface area contributed by atoms with E-state index in [9.17, 15) is 0 Å². The Balaban J connectivity index is 1.61. The molecule has 0 aromatic carbocycles. The van der Waals surface area contributed by atoms with Gasteiger partial charge in [-0.2, -0.15) is 0 Å². The lowest BCUT2D eigenvalue weighted by atomic mass is 9.83.